The highest BCUT2D eigenvalue weighted by Gasteiger charge is 2.40. The Morgan fingerprint density at radius 3 is 2.45 bits per heavy atom. The van der Waals surface area contributed by atoms with E-state index in [0.29, 0.717) is 19.3 Å². The summed E-state index contributed by atoms with van der Waals surface area (Å²) in [7, 11) is 0. The lowest BCUT2D eigenvalue weighted by molar-refractivity contribution is -0.137. The average Bonchev–Trinajstić information content (AvgIpc) is 2.41. The molecule has 1 aliphatic carbocycles. The fraction of sp³-hybridized carbons (Fsp3) is 0.467. The SMILES string of the molecule is NC1(C(=O)NC(CCC(=O)O)c2ccccc2)CCC1. The minimum absolute atomic E-state index is 0.0113. The number of nitrogens with two attached hydrogens (primary N) is 1. The summed E-state index contributed by atoms with van der Waals surface area (Å²) in [5, 5.41) is 11.7. The van der Waals surface area contributed by atoms with E-state index in [0.717, 1.165) is 12.0 Å². The first-order chi connectivity index (χ1) is 9.51. The Kier molecular flexibility index (Phi) is 4.39. The second kappa shape index (κ2) is 6.05. The second-order valence-corrected chi connectivity index (χ2v) is 5.38. The lowest BCUT2D eigenvalue weighted by Crippen LogP contribution is -2.59. The highest BCUT2D eigenvalue weighted by atomic mass is 16.4. The van der Waals surface area contributed by atoms with Gasteiger partial charge in [0.25, 0.3) is 0 Å². The number of carbonyl (C=O) groups excluding carboxylic acids is 1. The molecular formula is C15H20N2O3. The summed E-state index contributed by atoms with van der Waals surface area (Å²) >= 11 is 0. The molecule has 0 bridgehead atoms. The molecule has 1 aromatic carbocycles. The van der Waals surface area contributed by atoms with Gasteiger partial charge in [-0.3, -0.25) is 9.59 Å². The number of carboxylic acid groups (broad SMARTS) is 1. The van der Waals surface area contributed by atoms with Crippen molar-refractivity contribution in [3.63, 3.8) is 0 Å². The molecule has 0 spiro atoms. The molecule has 1 fully saturated rings. The van der Waals surface area contributed by atoms with Crippen LogP contribution in [0.15, 0.2) is 30.3 Å². The third kappa shape index (κ3) is 3.36. The van der Waals surface area contributed by atoms with E-state index in [-0.39, 0.29) is 18.4 Å². The minimum Gasteiger partial charge on any atom is -0.481 e. The number of nitrogens with one attached hydrogen (secondary N) is 1. The molecule has 1 atom stereocenters. The molecule has 108 valence electrons. The maximum absolute atomic E-state index is 12.2. The Morgan fingerprint density at radius 1 is 1.30 bits per heavy atom. The molecule has 2 rings (SSSR count). The van der Waals surface area contributed by atoms with E-state index in [2.05, 4.69) is 5.32 Å². The van der Waals surface area contributed by atoms with Crippen molar-refractivity contribution in [1.29, 1.82) is 0 Å². The van der Waals surface area contributed by atoms with Gasteiger partial charge in [-0.2, -0.15) is 0 Å². The first-order valence-corrected chi connectivity index (χ1v) is 6.88. The molecule has 4 N–H and O–H groups in total. The Morgan fingerprint density at radius 2 is 1.95 bits per heavy atom. The predicted molar refractivity (Wildman–Crippen MR) is 75.0 cm³/mol. The number of carboxylic acids is 1. The molecule has 1 saturated carbocycles. The van der Waals surface area contributed by atoms with Gasteiger partial charge in [0.05, 0.1) is 11.6 Å². The van der Waals surface area contributed by atoms with E-state index in [1.807, 2.05) is 30.3 Å². The summed E-state index contributed by atoms with van der Waals surface area (Å²) in [6, 6.07) is 9.10. The van der Waals surface area contributed by atoms with Crippen molar-refractivity contribution in [1.82, 2.24) is 5.32 Å². The zero-order chi connectivity index (χ0) is 14.6. The second-order valence-electron chi connectivity index (χ2n) is 5.38. The van der Waals surface area contributed by atoms with Crippen molar-refractivity contribution in [3.8, 4) is 0 Å². The number of rotatable bonds is 6. The Balaban J connectivity index is 2.06. The van der Waals surface area contributed by atoms with Gasteiger partial charge >= 0.3 is 5.97 Å². The Labute approximate surface area is 118 Å². The molecule has 5 nitrogen and oxygen atoms in total. The molecule has 1 aliphatic rings. The fourth-order valence-corrected chi connectivity index (χ4v) is 2.36. The van der Waals surface area contributed by atoms with Crippen LogP contribution in [0.2, 0.25) is 0 Å². The van der Waals surface area contributed by atoms with E-state index >= 15 is 0 Å². The standard InChI is InChI=1S/C15H20N2O3/c16-15(9-4-10-15)14(20)17-12(7-8-13(18)19)11-5-2-1-3-6-11/h1-3,5-6,12H,4,7-10,16H2,(H,17,20)(H,18,19). The van der Waals surface area contributed by atoms with Crippen LogP contribution >= 0.6 is 0 Å². The van der Waals surface area contributed by atoms with Crippen molar-refractivity contribution in [3.05, 3.63) is 35.9 Å². The van der Waals surface area contributed by atoms with Gasteiger partial charge in [-0.15, -0.1) is 0 Å². The van der Waals surface area contributed by atoms with E-state index < -0.39 is 11.5 Å². The molecule has 0 saturated heterocycles. The number of benzene rings is 1. The van der Waals surface area contributed by atoms with Gasteiger partial charge in [0.15, 0.2) is 0 Å². The van der Waals surface area contributed by atoms with Gasteiger partial charge in [0, 0.05) is 6.42 Å². The normalized spacial score (nSPS) is 17.9. The predicted octanol–water partition coefficient (Wildman–Crippen LogP) is 1.59. The van der Waals surface area contributed by atoms with Crippen LogP contribution in [0.1, 0.15) is 43.7 Å². The van der Waals surface area contributed by atoms with Crippen molar-refractivity contribution < 1.29 is 14.7 Å². The van der Waals surface area contributed by atoms with Crippen LogP contribution in [0, 0.1) is 0 Å². The molecule has 1 amide bonds. The molecule has 0 aromatic heterocycles. The maximum atomic E-state index is 12.2. The summed E-state index contributed by atoms with van der Waals surface area (Å²) in [6.45, 7) is 0. The highest BCUT2D eigenvalue weighted by molar-refractivity contribution is 5.87. The topological polar surface area (TPSA) is 92.4 Å². The van der Waals surface area contributed by atoms with E-state index in [4.69, 9.17) is 10.8 Å². The molecule has 5 heteroatoms. The summed E-state index contributed by atoms with van der Waals surface area (Å²) in [5.41, 5.74) is 6.14. The van der Waals surface area contributed by atoms with Crippen LogP contribution in [0.3, 0.4) is 0 Å². The first-order valence-electron chi connectivity index (χ1n) is 6.88. The molecular weight excluding hydrogens is 256 g/mol. The summed E-state index contributed by atoms with van der Waals surface area (Å²) in [5.74, 6) is -1.05. The number of hydrogen-bond donors (Lipinski definition) is 3. The molecule has 0 aliphatic heterocycles. The van der Waals surface area contributed by atoms with Crippen LogP contribution in [-0.4, -0.2) is 22.5 Å². The van der Waals surface area contributed by atoms with Gasteiger partial charge in [-0.25, -0.2) is 0 Å². The maximum Gasteiger partial charge on any atom is 0.303 e. The van der Waals surface area contributed by atoms with Crippen molar-refractivity contribution in [2.75, 3.05) is 0 Å². The smallest absolute Gasteiger partial charge is 0.303 e. The van der Waals surface area contributed by atoms with Gasteiger partial charge < -0.3 is 16.2 Å². The zero-order valence-corrected chi connectivity index (χ0v) is 11.3. The lowest BCUT2D eigenvalue weighted by atomic mass is 9.77. The third-order valence-electron chi connectivity index (χ3n) is 3.85. The Hall–Kier alpha value is -1.88. The number of amides is 1. The van der Waals surface area contributed by atoms with Crippen molar-refractivity contribution in [2.45, 2.75) is 43.7 Å². The number of hydrogen-bond acceptors (Lipinski definition) is 3. The first kappa shape index (κ1) is 14.5. The number of carbonyl (C=O) groups is 2. The van der Waals surface area contributed by atoms with Crippen LogP contribution in [-0.2, 0) is 9.59 Å². The molecule has 20 heavy (non-hydrogen) atoms. The molecule has 1 unspecified atom stereocenters. The zero-order valence-electron chi connectivity index (χ0n) is 11.3. The monoisotopic (exact) mass is 276 g/mol. The highest BCUT2D eigenvalue weighted by Crippen LogP contribution is 2.30. The summed E-state index contributed by atoms with van der Waals surface area (Å²) in [6.07, 6.45) is 2.73. The summed E-state index contributed by atoms with van der Waals surface area (Å²) < 4.78 is 0. The number of aliphatic carboxylic acids is 1. The van der Waals surface area contributed by atoms with Crippen LogP contribution in [0.25, 0.3) is 0 Å². The average molecular weight is 276 g/mol. The fourth-order valence-electron chi connectivity index (χ4n) is 2.36. The molecule has 1 aromatic rings. The van der Waals surface area contributed by atoms with Crippen molar-refractivity contribution in [2.24, 2.45) is 5.73 Å². The minimum atomic E-state index is -0.869. The van der Waals surface area contributed by atoms with E-state index in [1.54, 1.807) is 0 Å². The van der Waals surface area contributed by atoms with Gasteiger partial charge in [-0.05, 0) is 31.2 Å². The Bertz CT molecular complexity index is 483. The lowest BCUT2D eigenvalue weighted by Gasteiger charge is -2.37. The van der Waals surface area contributed by atoms with E-state index in [1.165, 1.54) is 0 Å². The summed E-state index contributed by atoms with van der Waals surface area (Å²) in [4.78, 5) is 22.9. The van der Waals surface area contributed by atoms with Crippen LogP contribution in [0.5, 0.6) is 0 Å². The molecule has 0 heterocycles. The molecule has 0 radical (unpaired) electrons. The van der Waals surface area contributed by atoms with Gasteiger partial charge in [0.2, 0.25) is 5.91 Å². The third-order valence-corrected chi connectivity index (χ3v) is 3.85. The van der Waals surface area contributed by atoms with Gasteiger partial charge in [0.1, 0.15) is 0 Å². The van der Waals surface area contributed by atoms with E-state index in [9.17, 15) is 9.59 Å². The van der Waals surface area contributed by atoms with Crippen LogP contribution < -0.4 is 11.1 Å². The quantitative estimate of drug-likeness (QED) is 0.735. The van der Waals surface area contributed by atoms with Crippen molar-refractivity contribution >= 4 is 11.9 Å². The van der Waals surface area contributed by atoms with Crippen LogP contribution in [0.4, 0.5) is 0 Å². The largest absolute Gasteiger partial charge is 0.481 e. The van der Waals surface area contributed by atoms with Gasteiger partial charge in [-0.1, -0.05) is 30.3 Å².